The second-order valence-electron chi connectivity index (χ2n) is 4.34. The van der Waals surface area contributed by atoms with Crippen LogP contribution in [0.4, 0.5) is 5.69 Å². The predicted molar refractivity (Wildman–Crippen MR) is 82.2 cm³/mol. The van der Waals surface area contributed by atoms with Crippen LogP contribution in [0.5, 0.6) is 0 Å². The van der Waals surface area contributed by atoms with Crippen molar-refractivity contribution in [3.8, 4) is 0 Å². The fourth-order valence-electron chi connectivity index (χ4n) is 2.04. The number of anilines is 1. The zero-order valence-corrected chi connectivity index (χ0v) is 12.4. The maximum atomic E-state index is 12.4. The Morgan fingerprint density at radius 2 is 1.74 bits per heavy atom. The molecule has 98 valence electrons. The van der Waals surface area contributed by atoms with Crippen LogP contribution in [0.2, 0.25) is 0 Å². The summed E-state index contributed by atoms with van der Waals surface area (Å²) in [5.41, 5.74) is 1.86. The second-order valence-corrected chi connectivity index (χ2v) is 5.19. The number of halogens is 1. The van der Waals surface area contributed by atoms with Crippen LogP contribution < -0.4 is 5.32 Å². The first-order valence-corrected chi connectivity index (χ1v) is 7.12. The SMILES string of the molecule is CC[C@H](C(=O)Nc1ccccc1Br)c1ccccc1. The first kappa shape index (κ1) is 13.8. The van der Waals surface area contributed by atoms with Crippen molar-refractivity contribution in [1.82, 2.24) is 0 Å². The van der Waals surface area contributed by atoms with Gasteiger partial charge in [-0.3, -0.25) is 4.79 Å². The Balaban J connectivity index is 2.17. The average molecular weight is 318 g/mol. The van der Waals surface area contributed by atoms with Gasteiger partial charge in [0, 0.05) is 4.47 Å². The van der Waals surface area contributed by atoms with Gasteiger partial charge in [-0.1, -0.05) is 49.4 Å². The van der Waals surface area contributed by atoms with E-state index in [1.807, 2.05) is 61.5 Å². The number of para-hydroxylation sites is 1. The van der Waals surface area contributed by atoms with Crippen molar-refractivity contribution in [3.63, 3.8) is 0 Å². The van der Waals surface area contributed by atoms with Gasteiger partial charge in [-0.2, -0.15) is 0 Å². The molecule has 0 spiro atoms. The largest absolute Gasteiger partial charge is 0.325 e. The molecule has 0 heterocycles. The van der Waals surface area contributed by atoms with Gasteiger partial charge in [-0.25, -0.2) is 0 Å². The maximum Gasteiger partial charge on any atom is 0.231 e. The summed E-state index contributed by atoms with van der Waals surface area (Å²) >= 11 is 3.44. The van der Waals surface area contributed by atoms with Gasteiger partial charge in [0.25, 0.3) is 0 Å². The molecule has 0 bridgehead atoms. The third kappa shape index (κ3) is 3.44. The molecule has 1 atom stereocenters. The fraction of sp³-hybridized carbons (Fsp3) is 0.188. The van der Waals surface area contributed by atoms with Crippen LogP contribution in [-0.2, 0) is 4.79 Å². The molecule has 0 fully saturated rings. The lowest BCUT2D eigenvalue weighted by molar-refractivity contribution is -0.117. The third-order valence-corrected chi connectivity index (χ3v) is 3.75. The molecule has 2 aromatic carbocycles. The van der Waals surface area contributed by atoms with Crippen LogP contribution in [0.25, 0.3) is 0 Å². The summed E-state index contributed by atoms with van der Waals surface area (Å²) in [5, 5.41) is 2.97. The smallest absolute Gasteiger partial charge is 0.231 e. The zero-order chi connectivity index (χ0) is 13.7. The summed E-state index contributed by atoms with van der Waals surface area (Å²) in [5.74, 6) is -0.0890. The van der Waals surface area contributed by atoms with Crippen molar-refractivity contribution in [2.24, 2.45) is 0 Å². The Labute approximate surface area is 122 Å². The Bertz CT molecular complexity index is 554. The highest BCUT2D eigenvalue weighted by atomic mass is 79.9. The lowest BCUT2D eigenvalue weighted by Crippen LogP contribution is -2.20. The molecule has 0 aliphatic rings. The summed E-state index contributed by atoms with van der Waals surface area (Å²) in [6.45, 7) is 2.03. The van der Waals surface area contributed by atoms with Gasteiger partial charge in [-0.15, -0.1) is 0 Å². The van der Waals surface area contributed by atoms with Crippen LogP contribution in [0, 0.1) is 0 Å². The minimum absolute atomic E-state index is 0.0283. The van der Waals surface area contributed by atoms with Crippen molar-refractivity contribution in [2.75, 3.05) is 5.32 Å². The van der Waals surface area contributed by atoms with Gasteiger partial charge >= 0.3 is 0 Å². The molecular formula is C16H16BrNO. The van der Waals surface area contributed by atoms with Gasteiger partial charge in [0.05, 0.1) is 11.6 Å². The molecular weight excluding hydrogens is 302 g/mol. The summed E-state index contributed by atoms with van der Waals surface area (Å²) in [6, 6.07) is 17.5. The lowest BCUT2D eigenvalue weighted by atomic mass is 9.95. The molecule has 0 radical (unpaired) electrons. The highest BCUT2D eigenvalue weighted by Gasteiger charge is 2.18. The van der Waals surface area contributed by atoms with E-state index in [9.17, 15) is 4.79 Å². The molecule has 0 aliphatic heterocycles. The summed E-state index contributed by atoms with van der Waals surface area (Å²) in [6.07, 6.45) is 0.778. The van der Waals surface area contributed by atoms with E-state index in [0.717, 1.165) is 22.1 Å². The van der Waals surface area contributed by atoms with Crippen LogP contribution >= 0.6 is 15.9 Å². The minimum atomic E-state index is -0.117. The molecule has 1 N–H and O–H groups in total. The number of rotatable bonds is 4. The molecule has 0 unspecified atom stereocenters. The van der Waals surface area contributed by atoms with Crippen molar-refractivity contribution in [3.05, 3.63) is 64.6 Å². The first-order valence-electron chi connectivity index (χ1n) is 6.32. The molecule has 0 saturated heterocycles. The molecule has 2 rings (SSSR count). The number of carbonyl (C=O) groups is 1. The molecule has 3 heteroatoms. The Morgan fingerprint density at radius 3 is 2.37 bits per heavy atom. The minimum Gasteiger partial charge on any atom is -0.325 e. The number of nitrogens with one attached hydrogen (secondary N) is 1. The van der Waals surface area contributed by atoms with E-state index in [1.54, 1.807) is 0 Å². The van der Waals surface area contributed by atoms with Crippen LogP contribution in [0.1, 0.15) is 24.8 Å². The van der Waals surface area contributed by atoms with Gasteiger partial charge in [0.15, 0.2) is 0 Å². The van der Waals surface area contributed by atoms with E-state index in [1.165, 1.54) is 0 Å². The van der Waals surface area contributed by atoms with Crippen LogP contribution in [-0.4, -0.2) is 5.91 Å². The number of benzene rings is 2. The number of carbonyl (C=O) groups excluding carboxylic acids is 1. The van der Waals surface area contributed by atoms with Gasteiger partial charge in [0.2, 0.25) is 5.91 Å². The summed E-state index contributed by atoms with van der Waals surface area (Å²) in [7, 11) is 0. The van der Waals surface area contributed by atoms with Crippen molar-refractivity contribution in [1.29, 1.82) is 0 Å². The molecule has 2 nitrogen and oxygen atoms in total. The topological polar surface area (TPSA) is 29.1 Å². The quantitative estimate of drug-likeness (QED) is 0.878. The van der Waals surface area contributed by atoms with E-state index >= 15 is 0 Å². The van der Waals surface area contributed by atoms with Crippen LogP contribution in [0.3, 0.4) is 0 Å². The number of amides is 1. The monoisotopic (exact) mass is 317 g/mol. The standard InChI is InChI=1S/C16H16BrNO/c1-2-13(12-8-4-3-5-9-12)16(19)18-15-11-7-6-10-14(15)17/h3-11,13H,2H2,1H3,(H,18,19)/t13-/m0/s1. The van der Waals surface area contributed by atoms with E-state index in [2.05, 4.69) is 21.2 Å². The first-order chi connectivity index (χ1) is 9.22. The van der Waals surface area contributed by atoms with E-state index in [0.29, 0.717) is 0 Å². The fourth-order valence-corrected chi connectivity index (χ4v) is 2.42. The van der Waals surface area contributed by atoms with Crippen molar-refractivity contribution >= 4 is 27.5 Å². The number of hydrogen-bond donors (Lipinski definition) is 1. The third-order valence-electron chi connectivity index (χ3n) is 3.06. The highest BCUT2D eigenvalue weighted by molar-refractivity contribution is 9.10. The average Bonchev–Trinajstić information content (AvgIpc) is 2.43. The summed E-state index contributed by atoms with van der Waals surface area (Å²) < 4.78 is 0.895. The van der Waals surface area contributed by atoms with E-state index in [4.69, 9.17) is 0 Å². The van der Waals surface area contributed by atoms with Gasteiger partial charge < -0.3 is 5.32 Å². The summed E-state index contributed by atoms with van der Waals surface area (Å²) in [4.78, 5) is 12.4. The van der Waals surface area contributed by atoms with Crippen molar-refractivity contribution < 1.29 is 4.79 Å². The predicted octanol–water partition coefficient (Wildman–Crippen LogP) is 4.58. The molecule has 19 heavy (non-hydrogen) atoms. The van der Waals surface area contributed by atoms with Crippen LogP contribution in [0.15, 0.2) is 59.1 Å². The second kappa shape index (κ2) is 6.53. The molecule has 2 aromatic rings. The number of hydrogen-bond acceptors (Lipinski definition) is 1. The molecule has 0 saturated carbocycles. The van der Waals surface area contributed by atoms with Crippen molar-refractivity contribution in [2.45, 2.75) is 19.3 Å². The van der Waals surface area contributed by atoms with Gasteiger partial charge in [-0.05, 0) is 40.0 Å². The van der Waals surface area contributed by atoms with E-state index in [-0.39, 0.29) is 11.8 Å². The van der Waals surface area contributed by atoms with E-state index < -0.39 is 0 Å². The Hall–Kier alpha value is -1.61. The van der Waals surface area contributed by atoms with Gasteiger partial charge in [0.1, 0.15) is 0 Å². The Morgan fingerprint density at radius 1 is 1.11 bits per heavy atom. The normalized spacial score (nSPS) is 11.9. The molecule has 1 amide bonds. The molecule has 0 aliphatic carbocycles. The Kier molecular flexibility index (Phi) is 4.74. The zero-order valence-electron chi connectivity index (χ0n) is 10.8. The lowest BCUT2D eigenvalue weighted by Gasteiger charge is -2.16. The maximum absolute atomic E-state index is 12.4. The molecule has 0 aromatic heterocycles. The highest BCUT2D eigenvalue weighted by Crippen LogP contribution is 2.25.